The maximum Gasteiger partial charge on any atom is 0.269 e. The lowest BCUT2D eigenvalue weighted by atomic mass is 10.1. The Morgan fingerprint density at radius 1 is 1.19 bits per heavy atom. The average Bonchev–Trinajstić information content (AvgIpc) is 2.44. The second-order valence-electron chi connectivity index (χ2n) is 4.80. The maximum atomic E-state index is 13.8. The molecule has 1 unspecified atom stereocenters. The lowest BCUT2D eigenvalue weighted by Gasteiger charge is -2.16. The Hall–Kier alpha value is -2.50. The molecule has 0 amide bonds. The van der Waals surface area contributed by atoms with Crippen molar-refractivity contribution in [2.45, 2.75) is 19.9 Å². The van der Waals surface area contributed by atoms with Crippen LogP contribution < -0.4 is 5.32 Å². The monoisotopic (exact) mass is 292 g/mol. The molecule has 2 aromatic carbocycles. The fourth-order valence-electron chi connectivity index (χ4n) is 1.98. The molecule has 0 bridgehead atoms. The van der Waals surface area contributed by atoms with Crippen LogP contribution in [0.1, 0.15) is 24.1 Å². The third-order valence-corrected chi connectivity index (χ3v) is 3.20. The zero-order valence-electron chi connectivity index (χ0n) is 11.6. The van der Waals surface area contributed by atoms with Gasteiger partial charge in [0.05, 0.1) is 10.6 Å². The average molecular weight is 292 g/mol. The molecular weight excluding hydrogens is 278 g/mol. The molecule has 0 aromatic heterocycles. The summed E-state index contributed by atoms with van der Waals surface area (Å²) in [7, 11) is 0. The third-order valence-electron chi connectivity index (χ3n) is 3.20. The van der Waals surface area contributed by atoms with Gasteiger partial charge in [-0.3, -0.25) is 10.1 Å². The molecule has 0 aliphatic carbocycles. The van der Waals surface area contributed by atoms with Crippen molar-refractivity contribution < 1.29 is 13.7 Å². The number of nitro groups is 1. The molecule has 1 atom stereocenters. The largest absolute Gasteiger partial charge is 0.376 e. The van der Waals surface area contributed by atoms with E-state index in [-0.39, 0.29) is 16.9 Å². The standard InChI is InChI=1S/C15H14F2N2O2/c1-9-6-14(17)15(8-13(9)16)18-10(2)11-4-3-5-12(7-11)19(20)21/h3-8,10,18H,1-2H3. The minimum absolute atomic E-state index is 0.0251. The van der Waals surface area contributed by atoms with Crippen LogP contribution in [0.15, 0.2) is 36.4 Å². The highest BCUT2D eigenvalue weighted by atomic mass is 19.1. The number of hydrogen-bond acceptors (Lipinski definition) is 3. The van der Waals surface area contributed by atoms with Crippen molar-refractivity contribution >= 4 is 11.4 Å². The molecule has 110 valence electrons. The molecule has 0 spiro atoms. The van der Waals surface area contributed by atoms with Gasteiger partial charge in [0.15, 0.2) is 0 Å². The molecule has 0 radical (unpaired) electrons. The van der Waals surface area contributed by atoms with E-state index in [1.807, 2.05) is 0 Å². The summed E-state index contributed by atoms with van der Waals surface area (Å²) >= 11 is 0. The van der Waals surface area contributed by atoms with Crippen molar-refractivity contribution in [1.82, 2.24) is 0 Å². The van der Waals surface area contributed by atoms with Crippen LogP contribution in [0.3, 0.4) is 0 Å². The van der Waals surface area contributed by atoms with Gasteiger partial charge in [0.1, 0.15) is 11.6 Å². The molecule has 0 saturated carbocycles. The van der Waals surface area contributed by atoms with Crippen LogP contribution >= 0.6 is 0 Å². The molecule has 21 heavy (non-hydrogen) atoms. The van der Waals surface area contributed by atoms with E-state index in [0.29, 0.717) is 5.56 Å². The Morgan fingerprint density at radius 3 is 2.57 bits per heavy atom. The summed E-state index contributed by atoms with van der Waals surface area (Å²) in [5.41, 5.74) is 0.819. The van der Waals surface area contributed by atoms with Crippen molar-refractivity contribution in [1.29, 1.82) is 0 Å². The molecule has 2 aromatic rings. The van der Waals surface area contributed by atoms with Crippen molar-refractivity contribution in [2.24, 2.45) is 0 Å². The van der Waals surface area contributed by atoms with Crippen molar-refractivity contribution in [3.8, 4) is 0 Å². The summed E-state index contributed by atoms with van der Waals surface area (Å²) in [4.78, 5) is 10.2. The zero-order valence-corrected chi connectivity index (χ0v) is 11.6. The molecule has 6 heteroatoms. The van der Waals surface area contributed by atoms with E-state index in [0.717, 1.165) is 12.1 Å². The van der Waals surface area contributed by atoms with E-state index in [9.17, 15) is 18.9 Å². The number of halogens is 2. The Morgan fingerprint density at radius 2 is 1.90 bits per heavy atom. The first kappa shape index (κ1) is 14.9. The van der Waals surface area contributed by atoms with E-state index < -0.39 is 22.6 Å². The fraction of sp³-hybridized carbons (Fsp3) is 0.200. The molecule has 2 rings (SSSR count). The number of nitro benzene ring substituents is 1. The van der Waals surface area contributed by atoms with E-state index in [2.05, 4.69) is 5.32 Å². The molecule has 0 heterocycles. The minimum atomic E-state index is -0.564. The van der Waals surface area contributed by atoms with E-state index >= 15 is 0 Å². The number of nitrogens with one attached hydrogen (secondary N) is 1. The lowest BCUT2D eigenvalue weighted by Crippen LogP contribution is -2.09. The van der Waals surface area contributed by atoms with Gasteiger partial charge in [0, 0.05) is 24.2 Å². The van der Waals surface area contributed by atoms with E-state index in [4.69, 9.17) is 0 Å². The van der Waals surface area contributed by atoms with Gasteiger partial charge in [-0.15, -0.1) is 0 Å². The summed E-state index contributed by atoms with van der Waals surface area (Å²) in [6.07, 6.45) is 0. The van der Waals surface area contributed by atoms with Gasteiger partial charge < -0.3 is 5.32 Å². The number of benzene rings is 2. The van der Waals surface area contributed by atoms with Crippen LogP contribution in [0.25, 0.3) is 0 Å². The predicted molar refractivity (Wildman–Crippen MR) is 76.2 cm³/mol. The molecule has 0 aliphatic heterocycles. The number of rotatable bonds is 4. The number of hydrogen-bond donors (Lipinski definition) is 1. The molecule has 1 N–H and O–H groups in total. The van der Waals surface area contributed by atoms with Gasteiger partial charge in [-0.25, -0.2) is 8.78 Å². The van der Waals surface area contributed by atoms with Gasteiger partial charge in [0.2, 0.25) is 0 Å². The summed E-state index contributed by atoms with van der Waals surface area (Å²) in [5, 5.41) is 13.6. The lowest BCUT2D eigenvalue weighted by molar-refractivity contribution is -0.384. The van der Waals surface area contributed by atoms with Gasteiger partial charge in [-0.2, -0.15) is 0 Å². The molecule has 0 saturated heterocycles. The fourth-order valence-corrected chi connectivity index (χ4v) is 1.98. The highest BCUT2D eigenvalue weighted by Gasteiger charge is 2.14. The molecule has 0 aliphatic rings. The summed E-state index contributed by atoms with van der Waals surface area (Å²) in [6.45, 7) is 3.20. The topological polar surface area (TPSA) is 55.2 Å². The van der Waals surface area contributed by atoms with Crippen LogP contribution in [0.2, 0.25) is 0 Å². The van der Waals surface area contributed by atoms with Crippen LogP contribution in [0.5, 0.6) is 0 Å². The zero-order chi connectivity index (χ0) is 15.6. The third kappa shape index (κ3) is 3.34. The highest BCUT2D eigenvalue weighted by molar-refractivity contribution is 5.49. The Balaban J connectivity index is 2.26. The van der Waals surface area contributed by atoms with E-state index in [1.165, 1.54) is 19.1 Å². The Labute approximate surface area is 120 Å². The summed E-state index contributed by atoms with van der Waals surface area (Å²) < 4.78 is 27.3. The number of nitrogens with zero attached hydrogens (tertiary/aromatic N) is 1. The van der Waals surface area contributed by atoms with Crippen molar-refractivity contribution in [3.05, 3.63) is 69.3 Å². The van der Waals surface area contributed by atoms with Gasteiger partial charge >= 0.3 is 0 Å². The van der Waals surface area contributed by atoms with Crippen LogP contribution in [0, 0.1) is 28.7 Å². The van der Waals surface area contributed by atoms with Gasteiger partial charge in [-0.05, 0) is 31.0 Å². The van der Waals surface area contributed by atoms with Crippen LogP contribution in [-0.4, -0.2) is 4.92 Å². The molecule has 4 nitrogen and oxygen atoms in total. The predicted octanol–water partition coefficient (Wildman–Crippen LogP) is 4.35. The van der Waals surface area contributed by atoms with E-state index in [1.54, 1.807) is 19.1 Å². The highest BCUT2D eigenvalue weighted by Crippen LogP contribution is 2.25. The minimum Gasteiger partial charge on any atom is -0.376 e. The first-order chi connectivity index (χ1) is 9.88. The Kier molecular flexibility index (Phi) is 4.16. The van der Waals surface area contributed by atoms with Crippen LogP contribution in [0.4, 0.5) is 20.2 Å². The second-order valence-corrected chi connectivity index (χ2v) is 4.80. The van der Waals surface area contributed by atoms with Crippen molar-refractivity contribution in [3.63, 3.8) is 0 Å². The van der Waals surface area contributed by atoms with Crippen LogP contribution in [-0.2, 0) is 0 Å². The first-order valence-electron chi connectivity index (χ1n) is 6.35. The number of aryl methyl sites for hydroxylation is 1. The van der Waals surface area contributed by atoms with Crippen molar-refractivity contribution in [2.75, 3.05) is 5.32 Å². The summed E-state index contributed by atoms with van der Waals surface area (Å²) in [6, 6.07) is 7.81. The normalized spacial score (nSPS) is 12.0. The number of non-ortho nitro benzene ring substituents is 1. The molecular formula is C15H14F2N2O2. The maximum absolute atomic E-state index is 13.8. The number of anilines is 1. The SMILES string of the molecule is Cc1cc(F)c(NC(C)c2cccc([N+](=O)[O-])c2)cc1F. The smallest absolute Gasteiger partial charge is 0.269 e. The molecule has 0 fully saturated rings. The first-order valence-corrected chi connectivity index (χ1v) is 6.35. The van der Waals surface area contributed by atoms with Gasteiger partial charge in [-0.1, -0.05) is 12.1 Å². The second kappa shape index (κ2) is 5.87. The quantitative estimate of drug-likeness (QED) is 0.673. The summed E-state index contributed by atoms with van der Waals surface area (Å²) in [5.74, 6) is -1.07. The Bertz CT molecular complexity index is 689. The van der Waals surface area contributed by atoms with Gasteiger partial charge in [0.25, 0.3) is 5.69 Å².